The first-order chi connectivity index (χ1) is 12.8. The summed E-state index contributed by atoms with van der Waals surface area (Å²) in [6.45, 7) is -0.382. The van der Waals surface area contributed by atoms with Gasteiger partial charge in [-0.15, -0.1) is 0 Å². The Morgan fingerprint density at radius 3 is 2.41 bits per heavy atom. The van der Waals surface area contributed by atoms with Gasteiger partial charge in [0.25, 0.3) is 11.8 Å². The molecule has 9 heteroatoms. The Morgan fingerprint density at radius 2 is 1.85 bits per heavy atom. The number of rotatable bonds is 7. The van der Waals surface area contributed by atoms with Gasteiger partial charge < -0.3 is 25.3 Å². The standard InChI is InChI=1S/C18H23ClN2O6/c1-25-13-9-11(8-12(19)15(13)27-10-14(20)22)16(23)21-18(17(24)26-2)6-4-3-5-7-18/h8-9H,3-7,10H2,1-2H3,(H2,20,22)(H,21,23). The van der Waals surface area contributed by atoms with Crippen LogP contribution in [0, 0.1) is 0 Å². The fourth-order valence-electron chi connectivity index (χ4n) is 3.15. The fraction of sp³-hybridized carbons (Fsp3) is 0.500. The van der Waals surface area contributed by atoms with Gasteiger partial charge in [0.15, 0.2) is 18.1 Å². The summed E-state index contributed by atoms with van der Waals surface area (Å²) < 4.78 is 15.3. The van der Waals surface area contributed by atoms with Crippen LogP contribution in [0.5, 0.6) is 11.5 Å². The maximum Gasteiger partial charge on any atom is 0.331 e. The molecule has 1 aliphatic carbocycles. The van der Waals surface area contributed by atoms with Gasteiger partial charge in [0.1, 0.15) is 5.54 Å². The number of halogens is 1. The molecular formula is C18H23ClN2O6. The van der Waals surface area contributed by atoms with Crippen molar-refractivity contribution in [3.05, 3.63) is 22.7 Å². The zero-order valence-electron chi connectivity index (χ0n) is 15.3. The molecule has 8 nitrogen and oxygen atoms in total. The first-order valence-corrected chi connectivity index (χ1v) is 8.90. The number of hydrogen-bond donors (Lipinski definition) is 2. The van der Waals surface area contributed by atoms with E-state index < -0.39 is 23.3 Å². The number of nitrogens with one attached hydrogen (secondary N) is 1. The van der Waals surface area contributed by atoms with Crippen LogP contribution < -0.4 is 20.5 Å². The summed E-state index contributed by atoms with van der Waals surface area (Å²) in [7, 11) is 2.68. The number of nitrogens with two attached hydrogens (primary N) is 1. The van der Waals surface area contributed by atoms with Crippen molar-refractivity contribution in [2.75, 3.05) is 20.8 Å². The molecule has 0 atom stereocenters. The minimum absolute atomic E-state index is 0.0801. The van der Waals surface area contributed by atoms with Gasteiger partial charge in [-0.1, -0.05) is 30.9 Å². The molecule has 0 heterocycles. The molecule has 27 heavy (non-hydrogen) atoms. The highest BCUT2D eigenvalue weighted by atomic mass is 35.5. The fourth-order valence-corrected chi connectivity index (χ4v) is 3.42. The van der Waals surface area contributed by atoms with Crippen molar-refractivity contribution < 1.29 is 28.6 Å². The molecule has 0 saturated heterocycles. The molecule has 148 valence electrons. The smallest absolute Gasteiger partial charge is 0.331 e. The van der Waals surface area contributed by atoms with Crippen molar-refractivity contribution in [1.29, 1.82) is 0 Å². The predicted octanol–water partition coefficient (Wildman–Crippen LogP) is 1.82. The number of primary amides is 1. The lowest BCUT2D eigenvalue weighted by Crippen LogP contribution is -2.56. The van der Waals surface area contributed by atoms with Gasteiger partial charge in [-0.3, -0.25) is 9.59 Å². The molecule has 2 rings (SSSR count). The summed E-state index contributed by atoms with van der Waals surface area (Å²) in [5.41, 5.74) is 4.21. The van der Waals surface area contributed by atoms with Crippen LogP contribution in [0.1, 0.15) is 42.5 Å². The molecule has 0 aromatic heterocycles. The van der Waals surface area contributed by atoms with Crippen LogP contribution in [0.25, 0.3) is 0 Å². The first-order valence-electron chi connectivity index (χ1n) is 8.52. The van der Waals surface area contributed by atoms with E-state index in [1.54, 1.807) is 0 Å². The van der Waals surface area contributed by atoms with E-state index in [0.717, 1.165) is 19.3 Å². The summed E-state index contributed by atoms with van der Waals surface area (Å²) in [6, 6.07) is 2.80. The molecule has 3 N–H and O–H groups in total. The lowest BCUT2D eigenvalue weighted by molar-refractivity contribution is -0.149. The van der Waals surface area contributed by atoms with Gasteiger partial charge in [-0.25, -0.2) is 4.79 Å². The Bertz CT molecular complexity index is 731. The van der Waals surface area contributed by atoms with Gasteiger partial charge in [0.05, 0.1) is 19.2 Å². The zero-order valence-corrected chi connectivity index (χ0v) is 16.1. The summed E-state index contributed by atoms with van der Waals surface area (Å²) in [5.74, 6) is -1.34. The Labute approximate surface area is 162 Å². The number of methoxy groups -OCH3 is 2. The third kappa shape index (κ3) is 4.82. The highest BCUT2D eigenvalue weighted by Gasteiger charge is 2.42. The Balaban J connectivity index is 2.28. The second-order valence-corrected chi connectivity index (χ2v) is 6.74. The number of benzene rings is 1. The third-order valence-corrected chi connectivity index (χ3v) is 4.77. The molecule has 1 aromatic rings. The molecule has 0 unspecified atom stereocenters. The molecular weight excluding hydrogens is 376 g/mol. The Morgan fingerprint density at radius 1 is 1.19 bits per heavy atom. The van der Waals surface area contributed by atoms with Crippen molar-refractivity contribution in [2.24, 2.45) is 5.73 Å². The van der Waals surface area contributed by atoms with E-state index in [4.69, 9.17) is 31.5 Å². The minimum Gasteiger partial charge on any atom is -0.493 e. The predicted molar refractivity (Wildman–Crippen MR) is 98.0 cm³/mol. The number of esters is 1. The van der Waals surface area contributed by atoms with Crippen molar-refractivity contribution in [3.63, 3.8) is 0 Å². The SMILES string of the molecule is COC(=O)C1(NC(=O)c2cc(Cl)c(OCC(N)=O)c(OC)c2)CCCCC1. The van der Waals surface area contributed by atoms with Crippen LogP contribution >= 0.6 is 11.6 Å². The van der Waals surface area contributed by atoms with Crippen LogP contribution in [-0.2, 0) is 14.3 Å². The lowest BCUT2D eigenvalue weighted by atomic mass is 9.81. The van der Waals surface area contributed by atoms with Gasteiger partial charge in [0, 0.05) is 5.56 Å². The normalized spacial score (nSPS) is 15.5. The van der Waals surface area contributed by atoms with Crippen LogP contribution in [-0.4, -0.2) is 44.1 Å². The van der Waals surface area contributed by atoms with Crippen molar-refractivity contribution >= 4 is 29.4 Å². The van der Waals surface area contributed by atoms with Crippen LogP contribution in [0.2, 0.25) is 5.02 Å². The average molecular weight is 399 g/mol. The quantitative estimate of drug-likeness (QED) is 0.676. The number of carbonyl (C=O) groups is 3. The van der Waals surface area contributed by atoms with Crippen molar-refractivity contribution in [1.82, 2.24) is 5.32 Å². The third-order valence-electron chi connectivity index (χ3n) is 4.49. The summed E-state index contributed by atoms with van der Waals surface area (Å²) in [5, 5.41) is 2.89. The van der Waals surface area contributed by atoms with E-state index in [1.165, 1.54) is 26.4 Å². The van der Waals surface area contributed by atoms with E-state index in [9.17, 15) is 14.4 Å². The molecule has 0 bridgehead atoms. The zero-order chi connectivity index (χ0) is 20.0. The van der Waals surface area contributed by atoms with E-state index in [-0.39, 0.29) is 28.7 Å². The van der Waals surface area contributed by atoms with E-state index >= 15 is 0 Å². The van der Waals surface area contributed by atoms with Crippen LogP contribution in [0.4, 0.5) is 0 Å². The molecule has 0 radical (unpaired) electrons. The highest BCUT2D eigenvalue weighted by molar-refractivity contribution is 6.32. The largest absolute Gasteiger partial charge is 0.493 e. The summed E-state index contributed by atoms with van der Waals surface area (Å²) in [4.78, 5) is 36.0. The van der Waals surface area contributed by atoms with Gasteiger partial charge in [0.2, 0.25) is 0 Å². The summed E-state index contributed by atoms with van der Waals surface area (Å²) >= 11 is 6.18. The molecule has 1 aromatic carbocycles. The van der Waals surface area contributed by atoms with E-state index in [0.29, 0.717) is 12.8 Å². The number of ether oxygens (including phenoxy) is 3. The molecule has 0 spiro atoms. The topological polar surface area (TPSA) is 117 Å². The Hall–Kier alpha value is -2.48. The minimum atomic E-state index is -1.05. The van der Waals surface area contributed by atoms with Crippen molar-refractivity contribution in [3.8, 4) is 11.5 Å². The van der Waals surface area contributed by atoms with Crippen molar-refractivity contribution in [2.45, 2.75) is 37.6 Å². The number of hydrogen-bond acceptors (Lipinski definition) is 6. The molecule has 1 aliphatic rings. The average Bonchev–Trinajstić information content (AvgIpc) is 2.66. The van der Waals surface area contributed by atoms with E-state index in [1.807, 2.05) is 0 Å². The number of amides is 2. The second-order valence-electron chi connectivity index (χ2n) is 6.33. The Kier molecular flexibility index (Phi) is 6.90. The molecule has 2 amide bonds. The number of carbonyl (C=O) groups excluding carboxylic acids is 3. The first kappa shape index (κ1) is 20.8. The highest BCUT2D eigenvalue weighted by Crippen LogP contribution is 2.37. The van der Waals surface area contributed by atoms with Crippen LogP contribution in [0.15, 0.2) is 12.1 Å². The lowest BCUT2D eigenvalue weighted by Gasteiger charge is -2.35. The van der Waals surface area contributed by atoms with Gasteiger partial charge in [-0.2, -0.15) is 0 Å². The maximum atomic E-state index is 12.8. The van der Waals surface area contributed by atoms with Gasteiger partial charge in [-0.05, 0) is 25.0 Å². The second kappa shape index (κ2) is 8.94. The molecule has 0 aliphatic heterocycles. The molecule has 1 saturated carbocycles. The monoisotopic (exact) mass is 398 g/mol. The summed E-state index contributed by atoms with van der Waals surface area (Å²) in [6.07, 6.45) is 3.66. The maximum absolute atomic E-state index is 12.8. The van der Waals surface area contributed by atoms with E-state index in [2.05, 4.69) is 5.32 Å². The van der Waals surface area contributed by atoms with Crippen LogP contribution in [0.3, 0.4) is 0 Å². The van der Waals surface area contributed by atoms with Gasteiger partial charge >= 0.3 is 5.97 Å². The molecule has 1 fully saturated rings.